The monoisotopic (exact) mass is 154 g/mol. The van der Waals surface area contributed by atoms with E-state index in [1.54, 1.807) is 23.0 Å². The third-order valence-electron chi connectivity index (χ3n) is 1.00. The average Bonchev–Trinajstić information content (AvgIpc) is 2.41. The lowest BCUT2D eigenvalue weighted by molar-refractivity contribution is 0.970. The van der Waals surface area contributed by atoms with Crippen LogP contribution in [0, 0.1) is 0 Å². The van der Waals surface area contributed by atoms with Gasteiger partial charge in [0.05, 0.1) is 5.51 Å². The lowest BCUT2D eigenvalue weighted by Crippen LogP contribution is -1.82. The minimum absolute atomic E-state index is 0.526. The summed E-state index contributed by atoms with van der Waals surface area (Å²) < 4.78 is 0. The van der Waals surface area contributed by atoms with Crippen LogP contribution in [-0.4, -0.2) is 11.5 Å². The molecule has 4 nitrogen and oxygen atoms in total. The number of hydrogen-bond donors (Lipinski definition) is 0. The molecule has 1 heterocycles. The van der Waals surface area contributed by atoms with Crippen molar-refractivity contribution < 1.29 is 0 Å². The zero-order valence-corrected chi connectivity index (χ0v) is 6.08. The van der Waals surface area contributed by atoms with Crippen molar-refractivity contribution in [1.82, 2.24) is 4.98 Å². The standard InChI is InChI=1S/C5H6N4S/c6-9-8-2-1-5-3-7-4-10-5/h3-4H,1-2H2. The maximum Gasteiger partial charge on any atom is 0.0794 e. The fourth-order valence-electron chi connectivity index (χ4n) is 0.571. The number of aromatic nitrogens is 1. The van der Waals surface area contributed by atoms with Gasteiger partial charge in [0.25, 0.3) is 0 Å². The van der Waals surface area contributed by atoms with E-state index in [0.29, 0.717) is 6.54 Å². The second-order valence-electron chi connectivity index (χ2n) is 1.67. The van der Waals surface area contributed by atoms with Crippen LogP contribution in [0.4, 0.5) is 0 Å². The Hall–Kier alpha value is -1.06. The Bertz CT molecular complexity index is 224. The summed E-state index contributed by atoms with van der Waals surface area (Å²) >= 11 is 1.58. The third-order valence-corrected chi connectivity index (χ3v) is 1.84. The molecule has 1 aromatic heterocycles. The Morgan fingerprint density at radius 3 is 3.30 bits per heavy atom. The van der Waals surface area contributed by atoms with Crippen LogP contribution in [0.2, 0.25) is 0 Å². The lowest BCUT2D eigenvalue weighted by atomic mass is 10.4. The van der Waals surface area contributed by atoms with E-state index in [-0.39, 0.29) is 0 Å². The Kier molecular flexibility index (Phi) is 2.73. The molecule has 0 bridgehead atoms. The molecule has 0 amide bonds. The van der Waals surface area contributed by atoms with E-state index in [2.05, 4.69) is 15.0 Å². The van der Waals surface area contributed by atoms with Crippen LogP contribution in [-0.2, 0) is 6.42 Å². The highest BCUT2D eigenvalue weighted by Crippen LogP contribution is 2.05. The summed E-state index contributed by atoms with van der Waals surface area (Å²) in [4.78, 5) is 7.69. The Labute approximate surface area is 62.2 Å². The molecule has 0 atom stereocenters. The maximum absolute atomic E-state index is 7.94. The summed E-state index contributed by atoms with van der Waals surface area (Å²) in [6.45, 7) is 0.526. The molecule has 0 unspecified atom stereocenters. The van der Waals surface area contributed by atoms with Crippen LogP contribution in [0.15, 0.2) is 16.8 Å². The molecule has 1 rings (SSSR count). The number of nitrogens with zero attached hydrogens (tertiary/aromatic N) is 4. The summed E-state index contributed by atoms with van der Waals surface area (Å²) in [5, 5.41) is 3.41. The topological polar surface area (TPSA) is 61.7 Å². The molecule has 0 saturated carbocycles. The molecule has 0 saturated heterocycles. The largest absolute Gasteiger partial charge is 0.253 e. The molecule has 0 aromatic carbocycles. The summed E-state index contributed by atoms with van der Waals surface area (Å²) in [5.74, 6) is 0. The van der Waals surface area contributed by atoms with E-state index >= 15 is 0 Å². The Morgan fingerprint density at radius 1 is 1.80 bits per heavy atom. The number of azide groups is 1. The fourth-order valence-corrected chi connectivity index (χ4v) is 1.16. The second-order valence-corrected chi connectivity index (χ2v) is 2.64. The first-order valence-electron chi connectivity index (χ1n) is 2.81. The van der Waals surface area contributed by atoms with E-state index in [4.69, 9.17) is 5.53 Å². The van der Waals surface area contributed by atoms with Crippen LogP contribution in [0.1, 0.15) is 4.88 Å². The summed E-state index contributed by atoms with van der Waals surface area (Å²) in [6, 6.07) is 0. The quantitative estimate of drug-likeness (QED) is 0.373. The Morgan fingerprint density at radius 2 is 2.70 bits per heavy atom. The molecule has 0 N–H and O–H groups in total. The molecular formula is C5H6N4S. The van der Waals surface area contributed by atoms with Crippen molar-refractivity contribution in [3.05, 3.63) is 27.0 Å². The van der Waals surface area contributed by atoms with Gasteiger partial charge in [-0.25, -0.2) is 0 Å². The van der Waals surface area contributed by atoms with Gasteiger partial charge in [0, 0.05) is 22.5 Å². The molecule has 52 valence electrons. The lowest BCUT2D eigenvalue weighted by Gasteiger charge is -1.85. The van der Waals surface area contributed by atoms with Crippen molar-refractivity contribution in [3.63, 3.8) is 0 Å². The Balaban J connectivity index is 2.34. The van der Waals surface area contributed by atoms with Crippen molar-refractivity contribution in [2.24, 2.45) is 5.11 Å². The van der Waals surface area contributed by atoms with E-state index in [0.717, 1.165) is 11.3 Å². The molecule has 0 aliphatic heterocycles. The highest BCUT2D eigenvalue weighted by atomic mass is 32.1. The van der Waals surface area contributed by atoms with Crippen molar-refractivity contribution in [1.29, 1.82) is 0 Å². The summed E-state index contributed by atoms with van der Waals surface area (Å²) in [5.41, 5.74) is 9.71. The molecule has 0 fully saturated rings. The molecule has 0 aliphatic rings. The van der Waals surface area contributed by atoms with Gasteiger partial charge in [-0.15, -0.1) is 11.3 Å². The minimum Gasteiger partial charge on any atom is -0.253 e. The first-order valence-corrected chi connectivity index (χ1v) is 3.69. The van der Waals surface area contributed by atoms with E-state index in [1.165, 1.54) is 0 Å². The zero-order chi connectivity index (χ0) is 7.23. The number of rotatable bonds is 3. The van der Waals surface area contributed by atoms with Gasteiger partial charge < -0.3 is 0 Å². The van der Waals surface area contributed by atoms with Gasteiger partial charge >= 0.3 is 0 Å². The fraction of sp³-hybridized carbons (Fsp3) is 0.400. The van der Waals surface area contributed by atoms with Crippen LogP contribution >= 0.6 is 11.3 Å². The van der Waals surface area contributed by atoms with Gasteiger partial charge in [-0.2, -0.15) is 0 Å². The molecular weight excluding hydrogens is 148 g/mol. The second kappa shape index (κ2) is 3.87. The van der Waals surface area contributed by atoms with Gasteiger partial charge in [0.2, 0.25) is 0 Å². The predicted molar refractivity (Wildman–Crippen MR) is 39.8 cm³/mol. The maximum atomic E-state index is 7.94. The van der Waals surface area contributed by atoms with Crippen molar-refractivity contribution >= 4 is 11.3 Å². The van der Waals surface area contributed by atoms with Crippen LogP contribution in [0.25, 0.3) is 10.4 Å². The first-order chi connectivity index (χ1) is 4.93. The van der Waals surface area contributed by atoms with Crippen molar-refractivity contribution in [2.45, 2.75) is 6.42 Å². The zero-order valence-electron chi connectivity index (χ0n) is 5.27. The summed E-state index contributed by atoms with van der Waals surface area (Å²) in [6.07, 6.45) is 2.59. The van der Waals surface area contributed by atoms with E-state index < -0.39 is 0 Å². The van der Waals surface area contributed by atoms with E-state index in [1.807, 2.05) is 0 Å². The minimum atomic E-state index is 0.526. The highest BCUT2D eigenvalue weighted by Gasteiger charge is 1.90. The van der Waals surface area contributed by atoms with Crippen LogP contribution < -0.4 is 0 Å². The van der Waals surface area contributed by atoms with Crippen molar-refractivity contribution in [2.75, 3.05) is 6.54 Å². The predicted octanol–water partition coefficient (Wildman–Crippen LogP) is 2.00. The van der Waals surface area contributed by atoms with Gasteiger partial charge in [-0.3, -0.25) is 4.98 Å². The van der Waals surface area contributed by atoms with Crippen LogP contribution in [0.3, 0.4) is 0 Å². The third kappa shape index (κ3) is 2.05. The van der Waals surface area contributed by atoms with Gasteiger partial charge in [0.15, 0.2) is 0 Å². The smallest absolute Gasteiger partial charge is 0.0794 e. The van der Waals surface area contributed by atoms with Crippen LogP contribution in [0.5, 0.6) is 0 Å². The van der Waals surface area contributed by atoms with Crippen molar-refractivity contribution in [3.8, 4) is 0 Å². The number of hydrogen-bond acceptors (Lipinski definition) is 3. The van der Waals surface area contributed by atoms with Gasteiger partial charge in [0.1, 0.15) is 0 Å². The van der Waals surface area contributed by atoms with Gasteiger partial charge in [-0.1, -0.05) is 5.11 Å². The normalized spacial score (nSPS) is 8.80. The highest BCUT2D eigenvalue weighted by molar-refractivity contribution is 7.09. The van der Waals surface area contributed by atoms with E-state index in [9.17, 15) is 0 Å². The first kappa shape index (κ1) is 7.05. The SMILES string of the molecule is [N-]=[N+]=NCCc1cncs1. The molecule has 1 aromatic rings. The summed E-state index contributed by atoms with van der Waals surface area (Å²) in [7, 11) is 0. The molecule has 5 heteroatoms. The molecule has 0 spiro atoms. The average molecular weight is 154 g/mol. The molecule has 0 radical (unpaired) electrons. The number of thiazole rings is 1. The van der Waals surface area contributed by atoms with Gasteiger partial charge in [-0.05, 0) is 12.0 Å². The molecule has 10 heavy (non-hydrogen) atoms. The molecule has 0 aliphatic carbocycles.